The molecule has 0 atom stereocenters. The predicted molar refractivity (Wildman–Crippen MR) is 91.1 cm³/mol. The van der Waals surface area contributed by atoms with E-state index >= 15 is 0 Å². The minimum atomic E-state index is -0.121. The van der Waals surface area contributed by atoms with Crippen LogP contribution in [0.1, 0.15) is 33.6 Å². The molecule has 0 fully saturated rings. The summed E-state index contributed by atoms with van der Waals surface area (Å²) < 4.78 is 0. The van der Waals surface area contributed by atoms with Crippen molar-refractivity contribution in [3.63, 3.8) is 0 Å². The van der Waals surface area contributed by atoms with E-state index in [4.69, 9.17) is 28.9 Å². The Hall–Kier alpha value is -0.970. The third-order valence-corrected chi connectivity index (χ3v) is 4.44. The van der Waals surface area contributed by atoms with Crippen molar-refractivity contribution < 1.29 is 4.79 Å². The maximum absolute atomic E-state index is 12.0. The van der Waals surface area contributed by atoms with Gasteiger partial charge in [-0.2, -0.15) is 0 Å². The average Bonchev–Trinajstić information content (AvgIpc) is 2.39. The third kappa shape index (κ3) is 5.06. The number of benzene rings is 1. The van der Waals surface area contributed by atoms with Crippen LogP contribution < -0.4 is 11.1 Å². The molecule has 0 radical (unpaired) electrons. The maximum atomic E-state index is 12.0. The molecule has 3 N–H and O–H groups in total. The first-order chi connectivity index (χ1) is 9.67. The van der Waals surface area contributed by atoms with Crippen LogP contribution in [-0.4, -0.2) is 29.9 Å². The van der Waals surface area contributed by atoms with E-state index in [1.807, 2.05) is 7.05 Å². The third-order valence-electron chi connectivity index (χ3n) is 3.92. The van der Waals surface area contributed by atoms with Gasteiger partial charge in [-0.1, -0.05) is 30.1 Å². The van der Waals surface area contributed by atoms with Gasteiger partial charge in [0, 0.05) is 23.5 Å². The summed E-state index contributed by atoms with van der Waals surface area (Å²) in [5.41, 5.74) is 6.67. The summed E-state index contributed by atoms with van der Waals surface area (Å²) in [5.74, 6) is -0.121. The Labute approximate surface area is 136 Å². The molecular formula is C15H23Cl2N3O. The van der Waals surface area contributed by atoms with Gasteiger partial charge >= 0.3 is 0 Å². The molecule has 0 bridgehead atoms. The van der Waals surface area contributed by atoms with Gasteiger partial charge in [-0.15, -0.1) is 0 Å². The number of nitrogen functional groups attached to an aromatic ring is 1. The fourth-order valence-electron chi connectivity index (χ4n) is 1.77. The molecule has 1 aromatic rings. The second-order valence-electron chi connectivity index (χ2n) is 5.74. The molecule has 21 heavy (non-hydrogen) atoms. The SMILES string of the molecule is CCC(C)(C)N(C)CCC(=O)Nc1c(N)cc(Cl)cc1Cl. The number of rotatable bonds is 6. The monoisotopic (exact) mass is 331 g/mol. The highest BCUT2D eigenvalue weighted by Gasteiger charge is 2.21. The number of carbonyl (C=O) groups is 1. The highest BCUT2D eigenvalue weighted by Crippen LogP contribution is 2.32. The first-order valence-electron chi connectivity index (χ1n) is 6.93. The Balaban J connectivity index is 2.63. The molecule has 0 aromatic heterocycles. The Kier molecular flexibility index (Phi) is 6.32. The van der Waals surface area contributed by atoms with Crippen molar-refractivity contribution in [2.24, 2.45) is 0 Å². The summed E-state index contributed by atoms with van der Waals surface area (Å²) in [4.78, 5) is 14.2. The molecule has 1 rings (SSSR count). The smallest absolute Gasteiger partial charge is 0.225 e. The van der Waals surface area contributed by atoms with Gasteiger partial charge in [0.15, 0.2) is 0 Å². The van der Waals surface area contributed by atoms with Gasteiger partial charge in [0.05, 0.1) is 16.4 Å². The van der Waals surface area contributed by atoms with Crippen LogP contribution in [0, 0.1) is 0 Å². The molecule has 0 aliphatic carbocycles. The van der Waals surface area contributed by atoms with E-state index in [2.05, 4.69) is 31.0 Å². The number of nitrogens with one attached hydrogen (secondary N) is 1. The van der Waals surface area contributed by atoms with Crippen LogP contribution >= 0.6 is 23.2 Å². The van der Waals surface area contributed by atoms with Crippen LogP contribution in [0.15, 0.2) is 12.1 Å². The molecule has 0 aliphatic rings. The van der Waals surface area contributed by atoms with Crippen molar-refractivity contribution in [2.75, 3.05) is 24.6 Å². The zero-order valence-corrected chi connectivity index (χ0v) is 14.5. The first-order valence-corrected chi connectivity index (χ1v) is 7.68. The van der Waals surface area contributed by atoms with E-state index in [1.54, 1.807) is 12.1 Å². The van der Waals surface area contributed by atoms with Crippen LogP contribution in [0.4, 0.5) is 11.4 Å². The lowest BCUT2D eigenvalue weighted by molar-refractivity contribution is -0.116. The highest BCUT2D eigenvalue weighted by atomic mass is 35.5. The molecule has 6 heteroatoms. The van der Waals surface area contributed by atoms with Gasteiger partial charge in [-0.05, 0) is 39.4 Å². The van der Waals surface area contributed by atoms with Crippen molar-refractivity contribution in [3.05, 3.63) is 22.2 Å². The van der Waals surface area contributed by atoms with Crippen LogP contribution in [0.25, 0.3) is 0 Å². The quantitative estimate of drug-likeness (QED) is 0.774. The molecule has 1 amide bonds. The van der Waals surface area contributed by atoms with Gasteiger partial charge in [0.1, 0.15) is 0 Å². The summed E-state index contributed by atoms with van der Waals surface area (Å²) in [6.07, 6.45) is 1.39. The molecule has 0 unspecified atom stereocenters. The van der Waals surface area contributed by atoms with Crippen molar-refractivity contribution >= 4 is 40.5 Å². The molecule has 4 nitrogen and oxygen atoms in total. The Bertz CT molecular complexity index is 495. The molecule has 0 saturated carbocycles. The van der Waals surface area contributed by atoms with Crippen molar-refractivity contribution in [3.8, 4) is 0 Å². The van der Waals surface area contributed by atoms with Gasteiger partial charge < -0.3 is 16.0 Å². The van der Waals surface area contributed by atoms with Gasteiger partial charge in [0.2, 0.25) is 5.91 Å². The largest absolute Gasteiger partial charge is 0.397 e. The molecular weight excluding hydrogens is 309 g/mol. The Morgan fingerprint density at radius 1 is 1.38 bits per heavy atom. The average molecular weight is 332 g/mol. The lowest BCUT2D eigenvalue weighted by Gasteiger charge is -2.34. The standard InChI is InChI=1S/C15H23Cl2N3O/c1-5-15(2,3)20(4)7-6-13(21)19-14-11(17)8-10(16)9-12(14)18/h8-9H,5-7,18H2,1-4H3,(H,19,21). The number of hydrogen-bond acceptors (Lipinski definition) is 3. The Morgan fingerprint density at radius 3 is 2.52 bits per heavy atom. The van der Waals surface area contributed by atoms with E-state index in [-0.39, 0.29) is 11.4 Å². The number of anilines is 2. The van der Waals surface area contributed by atoms with E-state index in [1.165, 1.54) is 0 Å². The summed E-state index contributed by atoms with van der Waals surface area (Å²) in [5, 5.41) is 3.54. The second-order valence-corrected chi connectivity index (χ2v) is 6.58. The van der Waals surface area contributed by atoms with Gasteiger partial charge in [0.25, 0.3) is 0 Å². The van der Waals surface area contributed by atoms with Crippen molar-refractivity contribution in [1.82, 2.24) is 4.90 Å². The van der Waals surface area contributed by atoms with E-state index in [0.29, 0.717) is 34.4 Å². The molecule has 0 saturated heterocycles. The van der Waals surface area contributed by atoms with Crippen LogP contribution in [0.2, 0.25) is 10.0 Å². The summed E-state index contributed by atoms with van der Waals surface area (Å²) >= 11 is 11.9. The zero-order chi connectivity index (χ0) is 16.2. The predicted octanol–water partition coefficient (Wildman–Crippen LogP) is 4.02. The number of halogens is 2. The minimum Gasteiger partial charge on any atom is -0.397 e. The summed E-state index contributed by atoms with van der Waals surface area (Å²) in [7, 11) is 2.01. The fourth-order valence-corrected chi connectivity index (χ4v) is 2.33. The molecule has 118 valence electrons. The first kappa shape index (κ1) is 18.1. The molecule has 0 aliphatic heterocycles. The number of nitrogens with zero attached hydrogens (tertiary/aromatic N) is 1. The van der Waals surface area contributed by atoms with Crippen molar-refractivity contribution in [2.45, 2.75) is 39.2 Å². The minimum absolute atomic E-state index is 0.0667. The lowest BCUT2D eigenvalue weighted by atomic mass is 10.00. The lowest BCUT2D eigenvalue weighted by Crippen LogP contribution is -2.41. The summed E-state index contributed by atoms with van der Waals surface area (Å²) in [6, 6.07) is 3.12. The molecule has 0 spiro atoms. The zero-order valence-electron chi connectivity index (χ0n) is 13.0. The molecule has 1 aromatic carbocycles. The van der Waals surface area contributed by atoms with E-state index in [9.17, 15) is 4.79 Å². The summed E-state index contributed by atoms with van der Waals surface area (Å²) in [6.45, 7) is 7.10. The fraction of sp³-hybridized carbons (Fsp3) is 0.533. The van der Waals surface area contributed by atoms with Crippen molar-refractivity contribution in [1.29, 1.82) is 0 Å². The van der Waals surface area contributed by atoms with Crippen LogP contribution in [-0.2, 0) is 4.79 Å². The maximum Gasteiger partial charge on any atom is 0.225 e. The number of nitrogens with two attached hydrogens (primary N) is 1. The van der Waals surface area contributed by atoms with E-state index < -0.39 is 0 Å². The topological polar surface area (TPSA) is 58.4 Å². The second kappa shape index (κ2) is 7.34. The molecule has 0 heterocycles. The number of hydrogen-bond donors (Lipinski definition) is 2. The van der Waals surface area contributed by atoms with Crippen LogP contribution in [0.5, 0.6) is 0 Å². The number of amides is 1. The van der Waals surface area contributed by atoms with E-state index in [0.717, 1.165) is 6.42 Å². The highest BCUT2D eigenvalue weighted by molar-refractivity contribution is 6.37. The number of carbonyl (C=O) groups excluding carboxylic acids is 1. The van der Waals surface area contributed by atoms with Crippen LogP contribution in [0.3, 0.4) is 0 Å². The normalized spacial score (nSPS) is 11.8. The Morgan fingerprint density at radius 2 is 2.00 bits per heavy atom. The van der Waals surface area contributed by atoms with Gasteiger partial charge in [-0.3, -0.25) is 4.79 Å². The van der Waals surface area contributed by atoms with Gasteiger partial charge in [-0.25, -0.2) is 0 Å².